The van der Waals surface area contributed by atoms with E-state index in [1.54, 1.807) is 0 Å². The molecule has 106 valence electrons. The van der Waals surface area contributed by atoms with Crippen molar-refractivity contribution in [1.82, 2.24) is 9.62 Å². The number of hydrogen-bond acceptors (Lipinski definition) is 3. The summed E-state index contributed by atoms with van der Waals surface area (Å²) in [6, 6.07) is 3.37. The molecule has 0 radical (unpaired) electrons. The van der Waals surface area contributed by atoms with Crippen molar-refractivity contribution in [1.29, 1.82) is 0 Å². The van der Waals surface area contributed by atoms with Crippen LogP contribution >= 0.6 is 15.9 Å². The van der Waals surface area contributed by atoms with Crippen LogP contribution in [-0.4, -0.2) is 37.9 Å². The molecule has 1 N–H and O–H groups in total. The third-order valence-electron chi connectivity index (χ3n) is 3.20. The standard InChI is InChI=1S/C12H16BrFN2O2S/c1-8-6-15-7-9(2)16(8)19(17,18)12-4-3-10(14)5-11(12)13/h3-5,8-9,15H,6-7H2,1-2H3. The summed E-state index contributed by atoms with van der Waals surface area (Å²) in [5, 5.41) is 3.18. The molecule has 1 aromatic rings. The molecule has 0 aromatic heterocycles. The molecule has 1 fully saturated rings. The summed E-state index contributed by atoms with van der Waals surface area (Å²) >= 11 is 3.13. The Balaban J connectivity index is 2.46. The number of sulfonamides is 1. The molecule has 2 unspecified atom stereocenters. The summed E-state index contributed by atoms with van der Waals surface area (Å²) < 4.78 is 40.2. The molecular weight excluding hydrogens is 335 g/mol. The van der Waals surface area contributed by atoms with Gasteiger partial charge in [0.15, 0.2) is 0 Å². The van der Waals surface area contributed by atoms with E-state index in [-0.39, 0.29) is 21.5 Å². The molecule has 0 amide bonds. The number of hydrogen-bond donors (Lipinski definition) is 1. The van der Waals surface area contributed by atoms with Crippen LogP contribution in [0.2, 0.25) is 0 Å². The Morgan fingerprint density at radius 1 is 1.32 bits per heavy atom. The summed E-state index contributed by atoms with van der Waals surface area (Å²) in [7, 11) is -3.63. The number of halogens is 2. The lowest BCUT2D eigenvalue weighted by Gasteiger charge is -2.38. The predicted octanol–water partition coefficient (Wildman–Crippen LogP) is 1.96. The molecule has 4 nitrogen and oxygen atoms in total. The Morgan fingerprint density at radius 2 is 1.89 bits per heavy atom. The second kappa shape index (κ2) is 5.47. The van der Waals surface area contributed by atoms with Gasteiger partial charge in [-0.25, -0.2) is 12.8 Å². The van der Waals surface area contributed by atoms with Crippen molar-refractivity contribution in [2.75, 3.05) is 13.1 Å². The summed E-state index contributed by atoms with van der Waals surface area (Å²) in [6.45, 7) is 4.94. The van der Waals surface area contributed by atoms with Crippen LogP contribution in [0.25, 0.3) is 0 Å². The highest BCUT2D eigenvalue weighted by Crippen LogP contribution is 2.29. The summed E-state index contributed by atoms with van der Waals surface area (Å²) in [4.78, 5) is 0.106. The smallest absolute Gasteiger partial charge is 0.244 e. The van der Waals surface area contributed by atoms with E-state index in [2.05, 4.69) is 21.2 Å². The van der Waals surface area contributed by atoms with Gasteiger partial charge in [0, 0.05) is 29.6 Å². The summed E-state index contributed by atoms with van der Waals surface area (Å²) in [5.74, 6) is -0.466. The first-order valence-electron chi connectivity index (χ1n) is 6.03. The maximum atomic E-state index is 13.1. The minimum Gasteiger partial charge on any atom is -0.314 e. The highest BCUT2D eigenvalue weighted by molar-refractivity contribution is 9.10. The van der Waals surface area contributed by atoms with Crippen LogP contribution in [0.4, 0.5) is 4.39 Å². The lowest BCUT2D eigenvalue weighted by Crippen LogP contribution is -2.57. The minimum atomic E-state index is -3.63. The molecule has 0 bridgehead atoms. The Hall–Kier alpha value is -0.500. The zero-order chi connectivity index (χ0) is 14.2. The van der Waals surface area contributed by atoms with Gasteiger partial charge in [-0.3, -0.25) is 0 Å². The molecule has 0 saturated carbocycles. The van der Waals surface area contributed by atoms with Crippen molar-refractivity contribution in [2.24, 2.45) is 0 Å². The molecule has 0 aliphatic carbocycles. The average Bonchev–Trinajstić information content (AvgIpc) is 2.27. The normalized spacial score (nSPS) is 25.5. The maximum absolute atomic E-state index is 13.1. The molecule has 1 aromatic carbocycles. The van der Waals surface area contributed by atoms with E-state index >= 15 is 0 Å². The molecule has 1 aliphatic rings. The molecule has 2 rings (SSSR count). The lowest BCUT2D eigenvalue weighted by molar-refractivity contribution is 0.220. The Bertz CT molecular complexity index is 569. The van der Waals surface area contributed by atoms with E-state index in [1.807, 2.05) is 13.8 Å². The van der Waals surface area contributed by atoms with Crippen LogP contribution in [-0.2, 0) is 10.0 Å². The monoisotopic (exact) mass is 350 g/mol. The first kappa shape index (κ1) is 14.9. The number of nitrogens with zero attached hydrogens (tertiary/aromatic N) is 1. The van der Waals surface area contributed by atoms with Gasteiger partial charge in [-0.1, -0.05) is 0 Å². The lowest BCUT2D eigenvalue weighted by atomic mass is 10.2. The fourth-order valence-corrected chi connectivity index (χ4v) is 5.22. The fourth-order valence-electron chi connectivity index (χ4n) is 2.39. The van der Waals surface area contributed by atoms with Crippen molar-refractivity contribution in [3.8, 4) is 0 Å². The molecule has 7 heteroatoms. The zero-order valence-electron chi connectivity index (χ0n) is 10.7. The second-order valence-electron chi connectivity index (χ2n) is 4.77. The van der Waals surface area contributed by atoms with Gasteiger partial charge in [-0.2, -0.15) is 4.31 Å². The van der Waals surface area contributed by atoms with E-state index in [0.717, 1.165) is 6.07 Å². The van der Waals surface area contributed by atoms with Gasteiger partial charge < -0.3 is 5.32 Å². The average molecular weight is 351 g/mol. The quantitative estimate of drug-likeness (QED) is 0.886. The third kappa shape index (κ3) is 2.84. The van der Waals surface area contributed by atoms with E-state index < -0.39 is 15.8 Å². The van der Waals surface area contributed by atoms with Crippen molar-refractivity contribution >= 4 is 26.0 Å². The minimum absolute atomic E-state index is 0.106. The van der Waals surface area contributed by atoms with Gasteiger partial charge in [0.1, 0.15) is 5.82 Å². The first-order valence-corrected chi connectivity index (χ1v) is 8.26. The van der Waals surface area contributed by atoms with Crippen LogP contribution in [0.15, 0.2) is 27.6 Å². The van der Waals surface area contributed by atoms with Crippen LogP contribution in [0.5, 0.6) is 0 Å². The van der Waals surface area contributed by atoms with Gasteiger partial charge >= 0.3 is 0 Å². The van der Waals surface area contributed by atoms with Crippen LogP contribution in [0.3, 0.4) is 0 Å². The molecule has 1 heterocycles. The SMILES string of the molecule is CC1CNCC(C)N1S(=O)(=O)c1ccc(F)cc1Br. The molecule has 2 atom stereocenters. The first-order chi connectivity index (χ1) is 8.84. The van der Waals surface area contributed by atoms with Gasteiger partial charge in [0.05, 0.1) is 4.90 Å². The van der Waals surface area contributed by atoms with Crippen molar-refractivity contribution in [2.45, 2.75) is 30.8 Å². The van der Waals surface area contributed by atoms with Gasteiger partial charge in [-0.05, 0) is 48.0 Å². The van der Waals surface area contributed by atoms with Gasteiger partial charge in [-0.15, -0.1) is 0 Å². The Morgan fingerprint density at radius 3 is 2.42 bits per heavy atom. The Labute approximate surface area is 121 Å². The molecular formula is C12H16BrFN2O2S. The van der Waals surface area contributed by atoms with E-state index in [9.17, 15) is 12.8 Å². The molecule has 1 saturated heterocycles. The van der Waals surface area contributed by atoms with Gasteiger partial charge in [0.2, 0.25) is 10.0 Å². The fraction of sp³-hybridized carbons (Fsp3) is 0.500. The second-order valence-corrected chi connectivity index (χ2v) is 7.43. The van der Waals surface area contributed by atoms with Crippen molar-refractivity contribution < 1.29 is 12.8 Å². The number of nitrogens with one attached hydrogen (secondary N) is 1. The predicted molar refractivity (Wildman–Crippen MR) is 74.9 cm³/mol. The largest absolute Gasteiger partial charge is 0.314 e. The Kier molecular flexibility index (Phi) is 4.29. The summed E-state index contributed by atoms with van der Waals surface area (Å²) in [6.07, 6.45) is 0. The van der Waals surface area contributed by atoms with Gasteiger partial charge in [0.25, 0.3) is 0 Å². The number of piperazine rings is 1. The number of benzene rings is 1. The highest BCUT2D eigenvalue weighted by atomic mass is 79.9. The maximum Gasteiger partial charge on any atom is 0.244 e. The van der Waals surface area contributed by atoms with Crippen LogP contribution in [0.1, 0.15) is 13.8 Å². The van der Waals surface area contributed by atoms with E-state index in [1.165, 1.54) is 16.4 Å². The molecule has 1 aliphatic heterocycles. The van der Waals surface area contributed by atoms with Crippen LogP contribution < -0.4 is 5.32 Å². The van der Waals surface area contributed by atoms with Crippen molar-refractivity contribution in [3.05, 3.63) is 28.5 Å². The third-order valence-corrected chi connectivity index (χ3v) is 6.30. The zero-order valence-corrected chi connectivity index (χ0v) is 13.1. The van der Waals surface area contributed by atoms with E-state index in [0.29, 0.717) is 13.1 Å². The highest BCUT2D eigenvalue weighted by Gasteiger charge is 2.36. The van der Waals surface area contributed by atoms with Crippen LogP contribution in [0, 0.1) is 5.82 Å². The number of rotatable bonds is 2. The topological polar surface area (TPSA) is 49.4 Å². The molecule has 19 heavy (non-hydrogen) atoms. The van der Waals surface area contributed by atoms with E-state index in [4.69, 9.17) is 0 Å². The molecule has 0 spiro atoms. The summed E-state index contributed by atoms with van der Waals surface area (Å²) in [5.41, 5.74) is 0. The van der Waals surface area contributed by atoms with Crippen molar-refractivity contribution in [3.63, 3.8) is 0 Å².